The summed E-state index contributed by atoms with van der Waals surface area (Å²) < 4.78 is 39.7. The lowest BCUT2D eigenvalue weighted by molar-refractivity contribution is -0.137. The molecule has 0 atom stereocenters. The summed E-state index contributed by atoms with van der Waals surface area (Å²) in [6, 6.07) is 11.8. The molecule has 1 saturated heterocycles. The number of anilines is 1. The summed E-state index contributed by atoms with van der Waals surface area (Å²) in [6.07, 6.45) is -1.31. The highest BCUT2D eigenvalue weighted by atomic mass is 19.4. The lowest BCUT2D eigenvalue weighted by Crippen LogP contribution is -2.35. The number of aromatic nitrogens is 4. The van der Waals surface area contributed by atoms with E-state index in [0.717, 1.165) is 18.0 Å². The molecular weight excluding hydrogens is 397 g/mol. The van der Waals surface area contributed by atoms with Crippen LogP contribution in [0.5, 0.6) is 0 Å². The van der Waals surface area contributed by atoms with Crippen LogP contribution in [0.2, 0.25) is 0 Å². The molecule has 1 amide bonds. The Hall–Kier alpha value is -3.43. The highest BCUT2D eigenvalue weighted by molar-refractivity contribution is 5.92. The van der Waals surface area contributed by atoms with Gasteiger partial charge in [-0.15, -0.1) is 5.10 Å². The van der Waals surface area contributed by atoms with Gasteiger partial charge in [0, 0.05) is 32.4 Å². The lowest BCUT2D eigenvalue weighted by Gasteiger charge is -2.22. The van der Waals surface area contributed by atoms with Gasteiger partial charge in [0.25, 0.3) is 5.91 Å². The lowest BCUT2D eigenvalue weighted by atomic mass is 10.2. The Labute approximate surface area is 170 Å². The summed E-state index contributed by atoms with van der Waals surface area (Å²) in [4.78, 5) is 20.4. The van der Waals surface area contributed by atoms with Gasteiger partial charge in [0.2, 0.25) is 0 Å². The summed E-state index contributed by atoms with van der Waals surface area (Å²) in [5, 5.41) is 8.02. The number of para-hydroxylation sites is 1. The normalized spacial score (nSPS) is 15.2. The first-order valence-electron chi connectivity index (χ1n) is 9.47. The van der Waals surface area contributed by atoms with Crippen molar-refractivity contribution in [3.8, 4) is 5.69 Å². The van der Waals surface area contributed by atoms with Crippen LogP contribution in [-0.2, 0) is 6.18 Å². The number of halogens is 3. The van der Waals surface area contributed by atoms with E-state index in [1.807, 2.05) is 35.2 Å². The predicted molar refractivity (Wildman–Crippen MR) is 103 cm³/mol. The van der Waals surface area contributed by atoms with Crippen molar-refractivity contribution < 1.29 is 18.0 Å². The standard InChI is InChI=1S/C20H19F3N6O/c21-20(22,23)15-7-8-18(24-13-15)27-9-4-10-28(12-11-27)19(30)17-14-29(26-25-17)16-5-2-1-3-6-16/h1-3,5-8,13-14H,4,9-12H2. The highest BCUT2D eigenvalue weighted by Gasteiger charge is 2.31. The third kappa shape index (κ3) is 4.27. The molecule has 30 heavy (non-hydrogen) atoms. The van der Waals surface area contributed by atoms with Crippen LogP contribution in [0, 0.1) is 0 Å². The molecule has 3 aromatic rings. The largest absolute Gasteiger partial charge is 0.417 e. The maximum Gasteiger partial charge on any atom is 0.417 e. The summed E-state index contributed by atoms with van der Waals surface area (Å²) in [6.45, 7) is 2.00. The van der Waals surface area contributed by atoms with Gasteiger partial charge < -0.3 is 9.80 Å². The van der Waals surface area contributed by atoms with E-state index in [0.29, 0.717) is 38.4 Å². The van der Waals surface area contributed by atoms with E-state index in [4.69, 9.17) is 0 Å². The van der Waals surface area contributed by atoms with Gasteiger partial charge in [0.15, 0.2) is 5.69 Å². The predicted octanol–water partition coefficient (Wildman–Crippen LogP) is 3.03. The van der Waals surface area contributed by atoms with Crippen molar-refractivity contribution in [1.29, 1.82) is 0 Å². The molecule has 1 aromatic carbocycles. The smallest absolute Gasteiger partial charge is 0.355 e. The van der Waals surface area contributed by atoms with Gasteiger partial charge in [0.1, 0.15) is 5.82 Å². The Bertz CT molecular complexity index is 1000. The average molecular weight is 416 g/mol. The summed E-state index contributed by atoms with van der Waals surface area (Å²) in [5.74, 6) is 0.242. The first kappa shape index (κ1) is 19.9. The van der Waals surface area contributed by atoms with Gasteiger partial charge >= 0.3 is 6.18 Å². The summed E-state index contributed by atoms with van der Waals surface area (Å²) in [5.41, 5.74) is 0.277. The molecule has 0 unspecified atom stereocenters. The van der Waals surface area contributed by atoms with Crippen molar-refractivity contribution in [1.82, 2.24) is 24.9 Å². The van der Waals surface area contributed by atoms with E-state index in [-0.39, 0.29) is 11.6 Å². The molecule has 1 fully saturated rings. The van der Waals surface area contributed by atoms with Crippen molar-refractivity contribution in [3.63, 3.8) is 0 Å². The number of hydrogen-bond donors (Lipinski definition) is 0. The Morgan fingerprint density at radius 3 is 2.47 bits per heavy atom. The zero-order chi connectivity index (χ0) is 21.1. The second-order valence-electron chi connectivity index (χ2n) is 6.92. The monoisotopic (exact) mass is 416 g/mol. The first-order valence-corrected chi connectivity index (χ1v) is 9.47. The number of alkyl halides is 3. The Morgan fingerprint density at radius 1 is 0.967 bits per heavy atom. The molecule has 4 rings (SSSR count). The molecule has 0 N–H and O–H groups in total. The molecule has 0 spiro atoms. The number of pyridine rings is 1. The van der Waals surface area contributed by atoms with Crippen LogP contribution in [0.1, 0.15) is 22.5 Å². The van der Waals surface area contributed by atoms with E-state index in [1.165, 1.54) is 6.07 Å². The maximum absolute atomic E-state index is 12.8. The SMILES string of the molecule is O=C(c1cn(-c2ccccc2)nn1)N1CCCN(c2ccc(C(F)(F)F)cn2)CC1. The van der Waals surface area contributed by atoms with E-state index in [2.05, 4.69) is 15.3 Å². The van der Waals surface area contributed by atoms with Gasteiger partial charge in [-0.1, -0.05) is 23.4 Å². The van der Waals surface area contributed by atoms with E-state index < -0.39 is 11.7 Å². The number of nitrogens with zero attached hydrogens (tertiary/aromatic N) is 6. The number of carbonyl (C=O) groups excluding carboxylic acids is 1. The fraction of sp³-hybridized carbons (Fsp3) is 0.300. The van der Waals surface area contributed by atoms with E-state index >= 15 is 0 Å². The zero-order valence-electron chi connectivity index (χ0n) is 16.0. The molecule has 0 saturated carbocycles. The molecule has 0 bridgehead atoms. The molecular formula is C20H19F3N6O. The number of rotatable bonds is 3. The van der Waals surface area contributed by atoms with Crippen LogP contribution >= 0.6 is 0 Å². The van der Waals surface area contributed by atoms with Crippen LogP contribution in [-0.4, -0.2) is 57.0 Å². The second-order valence-corrected chi connectivity index (χ2v) is 6.92. The van der Waals surface area contributed by atoms with E-state index in [1.54, 1.807) is 15.8 Å². The molecule has 1 aliphatic heterocycles. The maximum atomic E-state index is 12.8. The minimum atomic E-state index is -4.41. The molecule has 0 aliphatic carbocycles. The topological polar surface area (TPSA) is 67.2 Å². The molecule has 1 aliphatic rings. The van der Waals surface area contributed by atoms with Gasteiger partial charge in [0.05, 0.1) is 17.4 Å². The van der Waals surface area contributed by atoms with Crippen molar-refractivity contribution in [2.45, 2.75) is 12.6 Å². The number of benzene rings is 1. The minimum Gasteiger partial charge on any atom is -0.355 e. The number of amides is 1. The third-order valence-electron chi connectivity index (χ3n) is 4.92. The van der Waals surface area contributed by atoms with Crippen LogP contribution < -0.4 is 4.90 Å². The van der Waals surface area contributed by atoms with Gasteiger partial charge in [-0.3, -0.25) is 4.79 Å². The van der Waals surface area contributed by atoms with Crippen molar-refractivity contribution in [2.75, 3.05) is 31.1 Å². The minimum absolute atomic E-state index is 0.223. The molecule has 3 heterocycles. The van der Waals surface area contributed by atoms with Gasteiger partial charge in [-0.2, -0.15) is 13.2 Å². The van der Waals surface area contributed by atoms with Crippen molar-refractivity contribution >= 4 is 11.7 Å². The van der Waals surface area contributed by atoms with Crippen LogP contribution in [0.4, 0.5) is 19.0 Å². The first-order chi connectivity index (χ1) is 14.4. The van der Waals surface area contributed by atoms with Crippen LogP contribution in [0.15, 0.2) is 54.9 Å². The average Bonchev–Trinajstić information content (AvgIpc) is 3.11. The molecule has 7 nitrogen and oxygen atoms in total. The highest BCUT2D eigenvalue weighted by Crippen LogP contribution is 2.29. The van der Waals surface area contributed by atoms with Gasteiger partial charge in [-0.25, -0.2) is 9.67 Å². The van der Waals surface area contributed by atoms with Gasteiger partial charge in [-0.05, 0) is 30.7 Å². The van der Waals surface area contributed by atoms with Crippen LogP contribution in [0.3, 0.4) is 0 Å². The number of hydrogen-bond acceptors (Lipinski definition) is 5. The quantitative estimate of drug-likeness (QED) is 0.657. The third-order valence-corrected chi connectivity index (χ3v) is 4.92. The fourth-order valence-corrected chi connectivity index (χ4v) is 3.32. The molecule has 2 aromatic heterocycles. The Morgan fingerprint density at radius 2 is 1.77 bits per heavy atom. The second kappa shape index (κ2) is 8.13. The summed E-state index contributed by atoms with van der Waals surface area (Å²) >= 11 is 0. The zero-order valence-corrected chi connectivity index (χ0v) is 16.0. The van der Waals surface area contributed by atoms with Crippen molar-refractivity contribution in [3.05, 3.63) is 66.1 Å². The summed E-state index contributed by atoms with van der Waals surface area (Å²) in [7, 11) is 0. The van der Waals surface area contributed by atoms with Crippen LogP contribution in [0.25, 0.3) is 5.69 Å². The Kier molecular flexibility index (Phi) is 5.39. The van der Waals surface area contributed by atoms with E-state index in [9.17, 15) is 18.0 Å². The van der Waals surface area contributed by atoms with Crippen molar-refractivity contribution in [2.24, 2.45) is 0 Å². The molecule has 156 valence electrons. The molecule has 0 radical (unpaired) electrons. The fourth-order valence-electron chi connectivity index (χ4n) is 3.32. The number of carbonyl (C=O) groups is 1. The Balaban J connectivity index is 1.42. The molecule has 10 heteroatoms.